The smallest absolute Gasteiger partial charge is 0.323 e. The van der Waals surface area contributed by atoms with E-state index in [-0.39, 0.29) is 6.04 Å². The quantitative estimate of drug-likeness (QED) is 0.624. The van der Waals surface area contributed by atoms with Gasteiger partial charge in [0, 0.05) is 6.04 Å². The second-order valence-corrected chi connectivity index (χ2v) is 5.86. The molecular weight excluding hydrogens is 242 g/mol. The van der Waals surface area contributed by atoms with Gasteiger partial charge in [-0.05, 0) is 67.5 Å². The van der Waals surface area contributed by atoms with Crippen LogP contribution in [0.25, 0.3) is 0 Å². The Balaban J connectivity index is 4.31. The predicted octanol–water partition coefficient (Wildman–Crippen LogP) is 1.10. The van der Waals surface area contributed by atoms with Crippen molar-refractivity contribution in [2.75, 3.05) is 40.8 Å². The van der Waals surface area contributed by atoms with E-state index in [0.717, 1.165) is 19.5 Å². The van der Waals surface area contributed by atoms with Gasteiger partial charge in [0.2, 0.25) is 0 Å². The van der Waals surface area contributed by atoms with Crippen molar-refractivity contribution in [1.82, 2.24) is 15.1 Å². The minimum atomic E-state index is -0.843. The van der Waals surface area contributed by atoms with Gasteiger partial charge >= 0.3 is 5.97 Å². The van der Waals surface area contributed by atoms with Crippen LogP contribution in [-0.4, -0.2) is 73.2 Å². The number of carboxylic acid groups (broad SMARTS) is 1. The molecule has 0 saturated carbocycles. The molecule has 0 aliphatic heterocycles. The van der Waals surface area contributed by atoms with E-state index in [0.29, 0.717) is 13.0 Å². The van der Waals surface area contributed by atoms with Crippen molar-refractivity contribution in [3.63, 3.8) is 0 Å². The number of hydrogen-bond donors (Lipinski definition) is 2. The maximum Gasteiger partial charge on any atom is 0.323 e. The molecule has 0 bridgehead atoms. The fourth-order valence-electron chi connectivity index (χ4n) is 2.23. The van der Waals surface area contributed by atoms with Crippen molar-refractivity contribution < 1.29 is 9.90 Å². The number of rotatable bonds is 10. The van der Waals surface area contributed by atoms with Crippen molar-refractivity contribution in [3.8, 4) is 0 Å². The molecule has 2 unspecified atom stereocenters. The summed E-state index contributed by atoms with van der Waals surface area (Å²) < 4.78 is 0. The third-order valence-corrected chi connectivity index (χ3v) is 3.61. The van der Waals surface area contributed by atoms with E-state index in [1.165, 1.54) is 0 Å². The molecule has 0 aliphatic carbocycles. The van der Waals surface area contributed by atoms with Gasteiger partial charge in [0.15, 0.2) is 0 Å². The average molecular weight is 273 g/mol. The molecule has 0 aromatic carbocycles. The zero-order chi connectivity index (χ0) is 15.1. The van der Waals surface area contributed by atoms with E-state index in [4.69, 9.17) is 0 Å². The van der Waals surface area contributed by atoms with Crippen LogP contribution in [0.2, 0.25) is 0 Å². The molecule has 0 saturated heterocycles. The molecule has 0 aliphatic rings. The SMILES string of the molecule is CCNC(C)(CC(C)N(C)CCCN(C)C)C(=O)O. The number of nitrogens with zero attached hydrogens (tertiary/aromatic N) is 2. The van der Waals surface area contributed by atoms with Crippen molar-refractivity contribution in [2.24, 2.45) is 0 Å². The molecule has 2 atom stereocenters. The Kier molecular flexibility index (Phi) is 8.22. The van der Waals surface area contributed by atoms with Crippen LogP contribution in [0.5, 0.6) is 0 Å². The van der Waals surface area contributed by atoms with Crippen LogP contribution in [0.1, 0.15) is 33.6 Å². The molecular formula is C14H31N3O2. The maximum absolute atomic E-state index is 11.4. The number of aliphatic carboxylic acids is 1. The molecule has 0 rings (SSSR count). The van der Waals surface area contributed by atoms with Crippen LogP contribution in [-0.2, 0) is 4.79 Å². The highest BCUT2D eigenvalue weighted by Gasteiger charge is 2.34. The van der Waals surface area contributed by atoms with Gasteiger partial charge in [-0.25, -0.2) is 0 Å². The lowest BCUT2D eigenvalue weighted by molar-refractivity contribution is -0.145. The lowest BCUT2D eigenvalue weighted by Gasteiger charge is -2.33. The first-order valence-corrected chi connectivity index (χ1v) is 7.06. The molecule has 5 heteroatoms. The van der Waals surface area contributed by atoms with Crippen molar-refractivity contribution >= 4 is 5.97 Å². The predicted molar refractivity (Wildman–Crippen MR) is 79.6 cm³/mol. The van der Waals surface area contributed by atoms with E-state index in [9.17, 15) is 9.90 Å². The number of carboxylic acids is 1. The van der Waals surface area contributed by atoms with Crippen LogP contribution in [0.3, 0.4) is 0 Å². The van der Waals surface area contributed by atoms with E-state index >= 15 is 0 Å². The first-order chi connectivity index (χ1) is 8.73. The maximum atomic E-state index is 11.4. The van der Waals surface area contributed by atoms with E-state index in [2.05, 4.69) is 43.2 Å². The van der Waals surface area contributed by atoms with Crippen LogP contribution < -0.4 is 5.32 Å². The second-order valence-electron chi connectivity index (χ2n) is 5.86. The highest BCUT2D eigenvalue weighted by atomic mass is 16.4. The van der Waals surface area contributed by atoms with Crippen molar-refractivity contribution in [2.45, 2.75) is 45.2 Å². The molecule has 0 aromatic heterocycles. The Morgan fingerprint density at radius 3 is 2.32 bits per heavy atom. The second kappa shape index (κ2) is 8.51. The topological polar surface area (TPSA) is 55.8 Å². The largest absolute Gasteiger partial charge is 0.480 e. The summed E-state index contributed by atoms with van der Waals surface area (Å²) in [6, 6.07) is 0.238. The number of nitrogens with one attached hydrogen (secondary N) is 1. The highest BCUT2D eigenvalue weighted by Crippen LogP contribution is 2.16. The van der Waals surface area contributed by atoms with E-state index in [1.807, 2.05) is 6.92 Å². The lowest BCUT2D eigenvalue weighted by atomic mass is 9.93. The Morgan fingerprint density at radius 2 is 1.89 bits per heavy atom. The molecule has 0 fully saturated rings. The van der Waals surface area contributed by atoms with Gasteiger partial charge in [0.05, 0.1) is 0 Å². The monoisotopic (exact) mass is 273 g/mol. The molecule has 19 heavy (non-hydrogen) atoms. The molecule has 0 radical (unpaired) electrons. The van der Waals surface area contributed by atoms with Crippen molar-refractivity contribution in [1.29, 1.82) is 0 Å². The molecule has 2 N–H and O–H groups in total. The summed E-state index contributed by atoms with van der Waals surface area (Å²) in [4.78, 5) is 15.8. The fraction of sp³-hybridized carbons (Fsp3) is 0.929. The summed E-state index contributed by atoms with van der Waals surface area (Å²) in [5.74, 6) is -0.775. The van der Waals surface area contributed by atoms with Gasteiger partial charge < -0.3 is 20.2 Å². The Labute approximate surface area is 118 Å². The number of carbonyl (C=O) groups is 1. The van der Waals surface area contributed by atoms with Gasteiger partial charge in [0.1, 0.15) is 5.54 Å². The molecule has 114 valence electrons. The Hall–Kier alpha value is -0.650. The summed E-state index contributed by atoms with van der Waals surface area (Å²) in [7, 11) is 6.20. The van der Waals surface area contributed by atoms with Crippen LogP contribution >= 0.6 is 0 Å². The Bertz CT molecular complexity index is 271. The fourth-order valence-corrected chi connectivity index (χ4v) is 2.23. The van der Waals surface area contributed by atoms with Gasteiger partial charge in [-0.3, -0.25) is 4.79 Å². The zero-order valence-electron chi connectivity index (χ0n) is 13.4. The van der Waals surface area contributed by atoms with E-state index in [1.54, 1.807) is 6.92 Å². The van der Waals surface area contributed by atoms with Gasteiger partial charge in [-0.2, -0.15) is 0 Å². The zero-order valence-corrected chi connectivity index (χ0v) is 13.4. The minimum absolute atomic E-state index is 0.238. The molecule has 0 heterocycles. The third-order valence-electron chi connectivity index (χ3n) is 3.61. The summed E-state index contributed by atoms with van der Waals surface area (Å²) in [6.07, 6.45) is 1.70. The first-order valence-electron chi connectivity index (χ1n) is 7.06. The summed E-state index contributed by atoms with van der Waals surface area (Å²) in [5, 5.41) is 12.4. The standard InChI is InChI=1S/C14H31N3O2/c1-7-15-14(3,13(18)19)11-12(2)17(6)10-8-9-16(4)5/h12,15H,7-11H2,1-6H3,(H,18,19). The summed E-state index contributed by atoms with van der Waals surface area (Å²) >= 11 is 0. The van der Waals surface area contributed by atoms with Crippen LogP contribution in [0, 0.1) is 0 Å². The summed E-state index contributed by atoms with van der Waals surface area (Å²) in [5.41, 5.74) is -0.843. The van der Waals surface area contributed by atoms with Gasteiger partial charge in [-0.1, -0.05) is 6.92 Å². The average Bonchev–Trinajstić information content (AvgIpc) is 2.28. The van der Waals surface area contributed by atoms with Gasteiger partial charge in [-0.15, -0.1) is 0 Å². The van der Waals surface area contributed by atoms with Crippen LogP contribution in [0.15, 0.2) is 0 Å². The number of hydrogen-bond acceptors (Lipinski definition) is 4. The Morgan fingerprint density at radius 1 is 1.32 bits per heavy atom. The molecule has 5 nitrogen and oxygen atoms in total. The van der Waals surface area contributed by atoms with Crippen molar-refractivity contribution in [3.05, 3.63) is 0 Å². The molecule has 0 spiro atoms. The normalized spacial score (nSPS) is 16.6. The molecule has 0 aromatic rings. The van der Waals surface area contributed by atoms with Gasteiger partial charge in [0.25, 0.3) is 0 Å². The molecule has 0 amide bonds. The third kappa shape index (κ3) is 6.89. The number of likely N-dealkylation sites (N-methyl/N-ethyl adjacent to an activating group) is 1. The highest BCUT2D eigenvalue weighted by molar-refractivity contribution is 5.78. The summed E-state index contributed by atoms with van der Waals surface area (Å²) in [6.45, 7) is 8.51. The first kappa shape index (κ1) is 18.4. The van der Waals surface area contributed by atoms with Crippen LogP contribution in [0.4, 0.5) is 0 Å². The minimum Gasteiger partial charge on any atom is -0.480 e. The lowest BCUT2D eigenvalue weighted by Crippen LogP contribution is -2.53. The van der Waals surface area contributed by atoms with E-state index < -0.39 is 11.5 Å².